The zero-order chi connectivity index (χ0) is 36.8. The zero-order valence-electron chi connectivity index (χ0n) is 31.6. The normalized spacial score (nSPS) is 11.4. The van der Waals surface area contributed by atoms with Gasteiger partial charge < -0.3 is 16.8 Å². The van der Waals surface area contributed by atoms with E-state index in [1.165, 1.54) is 0 Å². The van der Waals surface area contributed by atoms with Gasteiger partial charge in [0.1, 0.15) is 0 Å². The van der Waals surface area contributed by atoms with Crippen LogP contribution in [-0.4, -0.2) is 16.0 Å². The monoisotopic (exact) mass is 682 g/mol. The Hall–Kier alpha value is -4.85. The minimum absolute atomic E-state index is 0.283. The van der Waals surface area contributed by atoms with Crippen LogP contribution in [0, 0.1) is 39.5 Å². The Morgan fingerprint density at radius 1 is 0.667 bits per heavy atom. The first-order valence-electron chi connectivity index (χ1n) is 18.1. The average Bonchev–Trinajstić information content (AvgIpc) is 3.09. The zero-order valence-corrected chi connectivity index (χ0v) is 31.6. The van der Waals surface area contributed by atoms with Crippen molar-refractivity contribution >= 4 is 17.4 Å². The molecule has 0 spiro atoms. The summed E-state index contributed by atoms with van der Waals surface area (Å²) >= 11 is 0. The van der Waals surface area contributed by atoms with Crippen LogP contribution in [0.25, 0.3) is 22.3 Å². The second-order valence-electron chi connectivity index (χ2n) is 14.6. The van der Waals surface area contributed by atoms with Gasteiger partial charge in [-0.15, -0.1) is 0 Å². The van der Waals surface area contributed by atoms with Crippen LogP contribution in [-0.2, 0) is 32.5 Å². The lowest BCUT2D eigenvalue weighted by Gasteiger charge is -2.31. The highest BCUT2D eigenvalue weighted by Crippen LogP contribution is 2.41. The van der Waals surface area contributed by atoms with Crippen molar-refractivity contribution in [2.45, 2.75) is 87.9 Å². The average molecular weight is 683 g/mol. The van der Waals surface area contributed by atoms with Crippen molar-refractivity contribution in [1.29, 1.82) is 0 Å². The number of carbonyl (C=O) groups excluding carboxylic acids is 1. The van der Waals surface area contributed by atoms with Crippen molar-refractivity contribution in [3.63, 3.8) is 0 Å². The summed E-state index contributed by atoms with van der Waals surface area (Å²) < 4.78 is 0. The Morgan fingerprint density at radius 3 is 1.63 bits per heavy atom. The highest BCUT2D eigenvalue weighted by Gasteiger charge is 2.29. The number of anilines is 2. The van der Waals surface area contributed by atoms with E-state index in [1.54, 1.807) is 0 Å². The number of amides is 2. The summed E-state index contributed by atoms with van der Waals surface area (Å²) in [4.78, 5) is 27.2. The third kappa shape index (κ3) is 8.55. The molecule has 2 amide bonds. The SMILES string of the molecule is Cc1ccc(-c2c(CN)c(CC(C)C)nc(C)c2NC(=O)N(Cc2ccccc2)c2c(C)nc(CC(C)C)c(CN)c2-c2ccc(C)cc2)cc1. The lowest BCUT2D eigenvalue weighted by molar-refractivity contribution is 0.256. The highest BCUT2D eigenvalue weighted by molar-refractivity contribution is 6.07. The number of carbonyl (C=O) groups is 1. The number of nitrogens with one attached hydrogen (secondary N) is 1. The second-order valence-corrected chi connectivity index (χ2v) is 14.6. The van der Waals surface area contributed by atoms with Crippen molar-refractivity contribution < 1.29 is 4.79 Å². The van der Waals surface area contributed by atoms with E-state index in [1.807, 2.05) is 49.1 Å². The van der Waals surface area contributed by atoms with Crippen molar-refractivity contribution in [2.75, 3.05) is 10.2 Å². The number of hydrogen-bond donors (Lipinski definition) is 3. The van der Waals surface area contributed by atoms with Gasteiger partial charge in [0.2, 0.25) is 0 Å². The summed E-state index contributed by atoms with van der Waals surface area (Å²) in [5.74, 6) is 0.773. The van der Waals surface area contributed by atoms with Crippen LogP contribution in [0.3, 0.4) is 0 Å². The van der Waals surface area contributed by atoms with Crippen LogP contribution in [0.4, 0.5) is 16.2 Å². The Balaban J connectivity index is 1.76. The third-order valence-electron chi connectivity index (χ3n) is 9.32. The number of aryl methyl sites for hydroxylation is 4. The van der Waals surface area contributed by atoms with Crippen molar-refractivity contribution in [3.05, 3.63) is 129 Å². The summed E-state index contributed by atoms with van der Waals surface area (Å²) in [5.41, 5.74) is 27.0. The number of rotatable bonds is 12. The fourth-order valence-electron chi connectivity index (χ4n) is 6.89. The minimum Gasteiger partial charge on any atom is -0.326 e. The number of nitrogens with two attached hydrogens (primary N) is 2. The predicted molar refractivity (Wildman–Crippen MR) is 213 cm³/mol. The van der Waals surface area contributed by atoms with E-state index < -0.39 is 0 Å². The quantitative estimate of drug-likeness (QED) is 0.121. The number of nitrogens with zero attached hydrogens (tertiary/aromatic N) is 3. The second kappa shape index (κ2) is 16.4. The van der Waals surface area contributed by atoms with Gasteiger partial charge in [-0.25, -0.2) is 4.79 Å². The molecule has 5 aromatic rings. The molecule has 0 radical (unpaired) electrons. The molecule has 0 atom stereocenters. The van der Waals surface area contributed by atoms with Crippen molar-refractivity contribution in [3.8, 4) is 22.3 Å². The topological polar surface area (TPSA) is 110 Å². The Bertz CT molecular complexity index is 1970. The van der Waals surface area contributed by atoms with E-state index in [9.17, 15) is 0 Å². The number of aromatic nitrogens is 2. The molecule has 7 nitrogen and oxygen atoms in total. The number of hydrogen-bond acceptors (Lipinski definition) is 5. The van der Waals surface area contributed by atoms with Gasteiger partial charge in [0.25, 0.3) is 0 Å². The van der Waals surface area contributed by atoms with Crippen molar-refractivity contribution in [2.24, 2.45) is 23.3 Å². The molecule has 0 unspecified atom stereocenters. The molecule has 5 rings (SSSR count). The summed E-state index contributed by atoms with van der Waals surface area (Å²) in [7, 11) is 0. The van der Waals surface area contributed by atoms with Gasteiger partial charge >= 0.3 is 6.03 Å². The lowest BCUT2D eigenvalue weighted by atomic mass is 9.91. The fourth-order valence-corrected chi connectivity index (χ4v) is 6.89. The number of urea groups is 1. The summed E-state index contributed by atoms with van der Waals surface area (Å²) in [6.45, 7) is 17.8. The van der Waals surface area contributed by atoms with Gasteiger partial charge in [0, 0.05) is 35.6 Å². The molecule has 0 bridgehead atoms. The van der Waals surface area contributed by atoms with Crippen LogP contribution in [0.2, 0.25) is 0 Å². The first kappa shape index (κ1) is 37.4. The molecule has 0 saturated heterocycles. The van der Waals surface area contributed by atoms with Gasteiger partial charge in [-0.05, 0) is 80.2 Å². The molecule has 0 aliphatic carbocycles. The Labute approximate surface area is 304 Å². The van der Waals surface area contributed by atoms with E-state index in [4.69, 9.17) is 21.4 Å². The summed E-state index contributed by atoms with van der Waals surface area (Å²) in [5, 5.41) is 3.38. The van der Waals surface area contributed by atoms with Crippen LogP contribution >= 0.6 is 0 Å². The molecule has 2 heterocycles. The molecule has 5 N–H and O–H groups in total. The molecule has 266 valence electrons. The van der Waals surface area contributed by atoms with E-state index >= 15 is 4.79 Å². The molecule has 0 aliphatic heterocycles. The highest BCUT2D eigenvalue weighted by atomic mass is 16.2. The van der Waals surface area contributed by atoms with Gasteiger partial charge in [0.05, 0.1) is 29.3 Å². The minimum atomic E-state index is -0.283. The molecule has 51 heavy (non-hydrogen) atoms. The van der Waals surface area contributed by atoms with Gasteiger partial charge in [-0.3, -0.25) is 14.9 Å². The van der Waals surface area contributed by atoms with Gasteiger partial charge in [-0.1, -0.05) is 118 Å². The fraction of sp³-hybridized carbons (Fsp3) is 0.341. The van der Waals surface area contributed by atoms with E-state index in [0.29, 0.717) is 37.2 Å². The van der Waals surface area contributed by atoms with Crippen LogP contribution in [0.5, 0.6) is 0 Å². The maximum atomic E-state index is 15.1. The lowest BCUT2D eigenvalue weighted by Crippen LogP contribution is -2.36. The molecule has 0 saturated carbocycles. The number of pyridine rings is 2. The van der Waals surface area contributed by atoms with E-state index in [-0.39, 0.29) is 6.03 Å². The van der Waals surface area contributed by atoms with Crippen LogP contribution in [0.15, 0.2) is 78.9 Å². The molecule has 0 fully saturated rings. The molecule has 2 aromatic heterocycles. The van der Waals surface area contributed by atoms with E-state index in [2.05, 4.69) is 95.4 Å². The third-order valence-corrected chi connectivity index (χ3v) is 9.32. The molecular formula is C44H54N6O. The van der Waals surface area contributed by atoms with E-state index in [0.717, 1.165) is 91.4 Å². The largest absolute Gasteiger partial charge is 0.326 e. The predicted octanol–water partition coefficient (Wildman–Crippen LogP) is 9.60. The first-order chi connectivity index (χ1) is 24.4. The molecule has 7 heteroatoms. The Kier molecular flexibility index (Phi) is 12.1. The van der Waals surface area contributed by atoms with Crippen LogP contribution in [0.1, 0.15) is 78.3 Å². The maximum absolute atomic E-state index is 15.1. The standard InChI is InChI=1S/C44H54N6O/c1-27(2)22-38-36(24-45)40(34-18-14-29(5)15-19-34)42(31(7)47-38)49-44(51)50(26-33-12-10-9-11-13-33)43-32(8)48-39(23-28(3)4)37(25-46)41(43)35-20-16-30(6)17-21-35/h9-21,27-28H,22-26,45-46H2,1-8H3,(H,49,51). The Morgan fingerprint density at radius 2 is 1.14 bits per heavy atom. The molecule has 3 aromatic carbocycles. The summed E-state index contributed by atoms with van der Waals surface area (Å²) in [6.07, 6.45) is 1.57. The molecule has 0 aliphatic rings. The van der Waals surface area contributed by atoms with Crippen molar-refractivity contribution in [1.82, 2.24) is 9.97 Å². The number of benzene rings is 3. The van der Waals surface area contributed by atoms with Gasteiger partial charge in [-0.2, -0.15) is 0 Å². The maximum Gasteiger partial charge on any atom is 0.326 e. The summed E-state index contributed by atoms with van der Waals surface area (Å²) in [6, 6.07) is 26.6. The smallest absolute Gasteiger partial charge is 0.326 e. The van der Waals surface area contributed by atoms with Crippen LogP contribution < -0.4 is 21.7 Å². The first-order valence-corrected chi connectivity index (χ1v) is 18.1. The molecular weight excluding hydrogens is 629 g/mol. The van der Waals surface area contributed by atoms with Gasteiger partial charge in [0.15, 0.2) is 0 Å².